The van der Waals surface area contributed by atoms with Crippen LogP contribution in [0.3, 0.4) is 0 Å². The van der Waals surface area contributed by atoms with E-state index < -0.39 is 0 Å². The Hall–Kier alpha value is -0.570. The summed E-state index contributed by atoms with van der Waals surface area (Å²) in [7, 11) is 0. The maximum Gasteiger partial charge on any atom is 0.227 e. The highest BCUT2D eigenvalue weighted by Crippen LogP contribution is 2.16. The van der Waals surface area contributed by atoms with E-state index in [4.69, 9.17) is 0 Å². The topological polar surface area (TPSA) is 32.3 Å². The summed E-state index contributed by atoms with van der Waals surface area (Å²) in [6, 6.07) is 0. The molecule has 0 aromatic rings. The first-order chi connectivity index (χ1) is 7.38. The van der Waals surface area contributed by atoms with Crippen LogP contribution in [-0.2, 0) is 4.79 Å². The summed E-state index contributed by atoms with van der Waals surface area (Å²) >= 11 is 0. The number of rotatable bonds is 1. The predicted octanol–water partition coefficient (Wildman–Crippen LogP) is 1.39. The number of hydrogen-bond acceptors (Lipinski definition) is 2. The van der Waals surface area contributed by atoms with Crippen molar-refractivity contribution in [3.05, 3.63) is 0 Å². The molecule has 2 fully saturated rings. The predicted molar refractivity (Wildman–Crippen MR) is 60.6 cm³/mol. The van der Waals surface area contributed by atoms with Gasteiger partial charge in [0.15, 0.2) is 0 Å². The van der Waals surface area contributed by atoms with Gasteiger partial charge in [0.1, 0.15) is 0 Å². The second kappa shape index (κ2) is 5.50. The number of likely N-dealkylation sites (tertiary alicyclic amines) is 1. The van der Waals surface area contributed by atoms with E-state index in [0.717, 1.165) is 32.6 Å². The lowest BCUT2D eigenvalue weighted by molar-refractivity contribution is -0.135. The van der Waals surface area contributed by atoms with Gasteiger partial charge >= 0.3 is 0 Å². The molecule has 0 radical (unpaired) electrons. The van der Waals surface area contributed by atoms with Crippen molar-refractivity contribution in [2.75, 3.05) is 26.2 Å². The molecule has 15 heavy (non-hydrogen) atoms. The molecular weight excluding hydrogens is 188 g/mol. The molecule has 2 rings (SSSR count). The average molecular weight is 210 g/mol. The van der Waals surface area contributed by atoms with Crippen LogP contribution in [0.5, 0.6) is 0 Å². The normalized spacial score (nSPS) is 28.5. The summed E-state index contributed by atoms with van der Waals surface area (Å²) in [6.45, 7) is 3.91. The van der Waals surface area contributed by atoms with E-state index in [-0.39, 0.29) is 5.92 Å². The quantitative estimate of drug-likeness (QED) is 0.709. The van der Waals surface area contributed by atoms with Gasteiger partial charge in [-0.1, -0.05) is 19.3 Å². The zero-order chi connectivity index (χ0) is 10.5. The van der Waals surface area contributed by atoms with Gasteiger partial charge in [0.25, 0.3) is 0 Å². The number of nitrogens with one attached hydrogen (secondary N) is 1. The van der Waals surface area contributed by atoms with Crippen molar-refractivity contribution >= 4 is 5.91 Å². The van der Waals surface area contributed by atoms with Crippen molar-refractivity contribution in [2.45, 2.75) is 38.5 Å². The fourth-order valence-corrected chi connectivity index (χ4v) is 2.59. The van der Waals surface area contributed by atoms with Crippen molar-refractivity contribution in [3.63, 3.8) is 0 Å². The fraction of sp³-hybridized carbons (Fsp3) is 0.917. The summed E-state index contributed by atoms with van der Waals surface area (Å²) in [5, 5.41) is 3.27. The lowest BCUT2D eigenvalue weighted by Crippen LogP contribution is -2.38. The van der Waals surface area contributed by atoms with E-state index >= 15 is 0 Å². The van der Waals surface area contributed by atoms with Crippen molar-refractivity contribution < 1.29 is 4.79 Å². The zero-order valence-corrected chi connectivity index (χ0v) is 9.50. The van der Waals surface area contributed by atoms with Crippen LogP contribution in [0.4, 0.5) is 0 Å². The molecule has 3 heteroatoms. The van der Waals surface area contributed by atoms with Crippen LogP contribution in [0.2, 0.25) is 0 Å². The number of nitrogens with zero attached hydrogens (tertiary/aromatic N) is 1. The molecule has 0 saturated carbocycles. The Bertz CT molecular complexity index is 204. The van der Waals surface area contributed by atoms with E-state index in [1.54, 1.807) is 0 Å². The van der Waals surface area contributed by atoms with E-state index in [1.807, 2.05) is 0 Å². The molecule has 0 aromatic heterocycles. The molecule has 2 aliphatic heterocycles. The third-order valence-electron chi connectivity index (χ3n) is 3.58. The van der Waals surface area contributed by atoms with Gasteiger partial charge < -0.3 is 10.2 Å². The van der Waals surface area contributed by atoms with E-state index in [0.29, 0.717) is 5.91 Å². The van der Waals surface area contributed by atoms with E-state index in [9.17, 15) is 4.79 Å². The maximum absolute atomic E-state index is 12.2. The van der Waals surface area contributed by atoms with Gasteiger partial charge in [0.05, 0.1) is 5.92 Å². The van der Waals surface area contributed by atoms with E-state index in [2.05, 4.69) is 10.2 Å². The highest BCUT2D eigenvalue weighted by Gasteiger charge is 2.26. The molecule has 0 bridgehead atoms. The van der Waals surface area contributed by atoms with Gasteiger partial charge in [-0.15, -0.1) is 0 Å². The summed E-state index contributed by atoms with van der Waals surface area (Å²) in [6.07, 6.45) is 7.39. The molecule has 2 aliphatic rings. The van der Waals surface area contributed by atoms with Crippen molar-refractivity contribution in [1.82, 2.24) is 10.2 Å². The summed E-state index contributed by atoms with van der Waals surface area (Å²) in [5.74, 6) is 0.673. The SMILES string of the molecule is O=C(C1CCNC1)N1CCCCCCC1. The first kappa shape index (κ1) is 10.9. The molecule has 0 aliphatic carbocycles. The first-order valence-electron chi connectivity index (χ1n) is 6.37. The first-order valence-corrected chi connectivity index (χ1v) is 6.37. The van der Waals surface area contributed by atoms with Crippen LogP contribution in [0, 0.1) is 5.92 Å². The fourth-order valence-electron chi connectivity index (χ4n) is 2.59. The molecule has 0 spiro atoms. The number of carbonyl (C=O) groups excluding carboxylic acids is 1. The van der Waals surface area contributed by atoms with Crippen LogP contribution < -0.4 is 5.32 Å². The minimum atomic E-state index is 0.268. The zero-order valence-electron chi connectivity index (χ0n) is 9.50. The Kier molecular flexibility index (Phi) is 4.01. The largest absolute Gasteiger partial charge is 0.342 e. The van der Waals surface area contributed by atoms with Crippen LogP contribution in [0.15, 0.2) is 0 Å². The van der Waals surface area contributed by atoms with Gasteiger partial charge in [-0.2, -0.15) is 0 Å². The Balaban J connectivity index is 1.85. The number of hydrogen-bond donors (Lipinski definition) is 1. The van der Waals surface area contributed by atoms with Crippen LogP contribution in [-0.4, -0.2) is 37.0 Å². The van der Waals surface area contributed by atoms with E-state index in [1.165, 1.54) is 32.1 Å². The smallest absolute Gasteiger partial charge is 0.227 e. The maximum atomic E-state index is 12.2. The lowest BCUT2D eigenvalue weighted by Gasteiger charge is -2.27. The van der Waals surface area contributed by atoms with Crippen molar-refractivity contribution in [2.24, 2.45) is 5.92 Å². The summed E-state index contributed by atoms with van der Waals surface area (Å²) in [5.41, 5.74) is 0. The molecule has 86 valence electrons. The highest BCUT2D eigenvalue weighted by molar-refractivity contribution is 5.79. The Labute approximate surface area is 92.2 Å². The van der Waals surface area contributed by atoms with Gasteiger partial charge in [0.2, 0.25) is 5.91 Å². The van der Waals surface area contributed by atoms with Gasteiger partial charge in [-0.3, -0.25) is 4.79 Å². The van der Waals surface area contributed by atoms with Gasteiger partial charge in [-0.05, 0) is 25.8 Å². The monoisotopic (exact) mass is 210 g/mol. The lowest BCUT2D eigenvalue weighted by atomic mass is 10.0. The van der Waals surface area contributed by atoms with Crippen molar-refractivity contribution in [1.29, 1.82) is 0 Å². The van der Waals surface area contributed by atoms with Crippen molar-refractivity contribution in [3.8, 4) is 0 Å². The molecule has 1 amide bonds. The Morgan fingerprint density at radius 2 is 1.73 bits per heavy atom. The molecule has 2 saturated heterocycles. The van der Waals surface area contributed by atoms with Crippen LogP contribution in [0.25, 0.3) is 0 Å². The van der Waals surface area contributed by atoms with Crippen LogP contribution in [0.1, 0.15) is 38.5 Å². The van der Waals surface area contributed by atoms with Gasteiger partial charge in [-0.25, -0.2) is 0 Å². The molecule has 0 aromatic carbocycles. The number of amides is 1. The third-order valence-corrected chi connectivity index (χ3v) is 3.58. The van der Waals surface area contributed by atoms with Gasteiger partial charge in [0, 0.05) is 19.6 Å². The second-order valence-corrected chi connectivity index (χ2v) is 4.78. The van der Waals surface area contributed by atoms with Crippen LogP contribution >= 0.6 is 0 Å². The Morgan fingerprint density at radius 1 is 1.07 bits per heavy atom. The summed E-state index contributed by atoms with van der Waals surface area (Å²) < 4.78 is 0. The molecule has 1 atom stereocenters. The molecule has 3 nitrogen and oxygen atoms in total. The average Bonchev–Trinajstić information content (AvgIpc) is 2.68. The second-order valence-electron chi connectivity index (χ2n) is 4.78. The highest BCUT2D eigenvalue weighted by atomic mass is 16.2. The Morgan fingerprint density at radius 3 is 2.33 bits per heavy atom. The molecule has 1 N–H and O–H groups in total. The summed E-state index contributed by atoms with van der Waals surface area (Å²) in [4.78, 5) is 14.3. The standard InChI is InChI=1S/C12H22N2O/c15-12(11-6-7-13-10-11)14-8-4-2-1-3-5-9-14/h11,13H,1-10H2. The molecular formula is C12H22N2O. The molecule has 1 unspecified atom stereocenters. The number of carbonyl (C=O) groups is 1. The minimum absolute atomic E-state index is 0.268. The molecule has 2 heterocycles. The minimum Gasteiger partial charge on any atom is -0.342 e. The third kappa shape index (κ3) is 2.94.